The van der Waals surface area contributed by atoms with Crippen molar-refractivity contribution in [3.63, 3.8) is 0 Å². The molecule has 3 heterocycles. The van der Waals surface area contributed by atoms with E-state index in [1.165, 1.54) is 10.9 Å². The SMILES string of the molecule is Cc1cc(CN2CCN(c3ccc4c(=O)n(CCO)cnc4c3)CC2)no1. The van der Waals surface area contributed by atoms with E-state index >= 15 is 0 Å². The third-order valence-electron chi connectivity index (χ3n) is 4.95. The summed E-state index contributed by atoms with van der Waals surface area (Å²) in [5, 5.41) is 13.7. The highest BCUT2D eigenvalue weighted by Gasteiger charge is 2.19. The smallest absolute Gasteiger partial charge is 0.261 e. The lowest BCUT2D eigenvalue weighted by molar-refractivity contribution is 0.242. The number of hydrogen-bond donors (Lipinski definition) is 1. The van der Waals surface area contributed by atoms with Crippen molar-refractivity contribution in [3.05, 3.63) is 52.4 Å². The van der Waals surface area contributed by atoms with Gasteiger partial charge in [-0.15, -0.1) is 0 Å². The molecule has 1 aliphatic rings. The molecule has 0 bridgehead atoms. The van der Waals surface area contributed by atoms with E-state index in [2.05, 4.69) is 19.9 Å². The van der Waals surface area contributed by atoms with Gasteiger partial charge >= 0.3 is 0 Å². The van der Waals surface area contributed by atoms with Gasteiger partial charge in [-0.2, -0.15) is 0 Å². The maximum Gasteiger partial charge on any atom is 0.261 e. The van der Waals surface area contributed by atoms with E-state index < -0.39 is 0 Å². The molecule has 1 aromatic carbocycles. The zero-order valence-corrected chi connectivity index (χ0v) is 15.3. The van der Waals surface area contributed by atoms with Crippen molar-refractivity contribution in [1.82, 2.24) is 19.6 Å². The van der Waals surface area contributed by atoms with Crippen LogP contribution in [0.1, 0.15) is 11.5 Å². The summed E-state index contributed by atoms with van der Waals surface area (Å²) in [5.41, 5.74) is 2.61. The molecule has 1 saturated heterocycles. The Morgan fingerprint density at radius 2 is 2.00 bits per heavy atom. The number of aliphatic hydroxyl groups is 1. The van der Waals surface area contributed by atoms with E-state index in [9.17, 15) is 4.79 Å². The Hall–Kier alpha value is -2.71. The van der Waals surface area contributed by atoms with Crippen LogP contribution in [0.15, 0.2) is 39.9 Å². The minimum Gasteiger partial charge on any atom is -0.395 e. The molecule has 0 atom stereocenters. The van der Waals surface area contributed by atoms with Gasteiger partial charge < -0.3 is 14.5 Å². The molecule has 3 aromatic rings. The van der Waals surface area contributed by atoms with Gasteiger partial charge in [-0.3, -0.25) is 14.3 Å². The molecule has 1 N–H and O–H groups in total. The summed E-state index contributed by atoms with van der Waals surface area (Å²) >= 11 is 0. The molecule has 1 fully saturated rings. The number of fused-ring (bicyclic) bond motifs is 1. The molecule has 2 aromatic heterocycles. The maximum atomic E-state index is 12.4. The second kappa shape index (κ2) is 7.50. The van der Waals surface area contributed by atoms with Gasteiger partial charge in [0, 0.05) is 44.5 Å². The van der Waals surface area contributed by atoms with Gasteiger partial charge in [-0.05, 0) is 25.1 Å². The summed E-state index contributed by atoms with van der Waals surface area (Å²) < 4.78 is 6.57. The molecular formula is C19H23N5O3. The van der Waals surface area contributed by atoms with Crippen LogP contribution in [0.5, 0.6) is 0 Å². The molecule has 8 heteroatoms. The number of benzene rings is 1. The number of hydrogen-bond acceptors (Lipinski definition) is 7. The summed E-state index contributed by atoms with van der Waals surface area (Å²) in [6.07, 6.45) is 1.50. The standard InChI is InChI=1S/C19H23N5O3/c1-14-10-15(21-27-14)12-22-4-6-23(7-5-22)16-2-3-17-18(11-16)20-13-24(8-9-25)19(17)26/h2-3,10-11,13,25H,4-9,12H2,1H3. The van der Waals surface area contributed by atoms with E-state index in [1.807, 2.05) is 31.2 Å². The summed E-state index contributed by atoms with van der Waals surface area (Å²) in [5.74, 6) is 0.838. The Kier molecular flexibility index (Phi) is 4.91. The number of nitrogens with zero attached hydrogens (tertiary/aromatic N) is 5. The molecule has 0 radical (unpaired) electrons. The lowest BCUT2D eigenvalue weighted by Gasteiger charge is -2.35. The monoisotopic (exact) mass is 369 g/mol. The first-order valence-corrected chi connectivity index (χ1v) is 9.13. The molecule has 142 valence electrons. The summed E-state index contributed by atoms with van der Waals surface area (Å²) in [6.45, 7) is 6.58. The normalized spacial score (nSPS) is 15.6. The van der Waals surface area contributed by atoms with Gasteiger partial charge in [-0.25, -0.2) is 4.98 Å². The molecule has 27 heavy (non-hydrogen) atoms. The summed E-state index contributed by atoms with van der Waals surface area (Å²) in [4.78, 5) is 21.5. The van der Waals surface area contributed by atoms with Crippen LogP contribution >= 0.6 is 0 Å². The zero-order chi connectivity index (χ0) is 18.8. The van der Waals surface area contributed by atoms with Crippen molar-refractivity contribution < 1.29 is 9.63 Å². The van der Waals surface area contributed by atoms with Gasteiger partial charge in [0.2, 0.25) is 0 Å². The average molecular weight is 369 g/mol. The summed E-state index contributed by atoms with van der Waals surface area (Å²) in [6, 6.07) is 7.76. The fraction of sp³-hybridized carbons (Fsp3) is 0.421. The van der Waals surface area contributed by atoms with Gasteiger partial charge in [0.05, 0.1) is 36.1 Å². The average Bonchev–Trinajstić information content (AvgIpc) is 3.09. The lowest BCUT2D eigenvalue weighted by Crippen LogP contribution is -2.46. The first kappa shape index (κ1) is 17.7. The van der Waals surface area contributed by atoms with Gasteiger partial charge in [0.15, 0.2) is 0 Å². The van der Waals surface area contributed by atoms with Crippen molar-refractivity contribution >= 4 is 16.6 Å². The molecule has 8 nitrogen and oxygen atoms in total. The van der Waals surface area contributed by atoms with Crippen molar-refractivity contribution in [2.75, 3.05) is 37.7 Å². The first-order valence-electron chi connectivity index (χ1n) is 9.13. The number of rotatable bonds is 5. The van der Waals surface area contributed by atoms with Crippen molar-refractivity contribution in [2.24, 2.45) is 0 Å². The van der Waals surface area contributed by atoms with Gasteiger partial charge in [0.25, 0.3) is 5.56 Å². The number of aryl methyl sites for hydroxylation is 1. The fourth-order valence-corrected chi connectivity index (χ4v) is 3.50. The quantitative estimate of drug-likeness (QED) is 0.718. The minimum absolute atomic E-state index is 0.0800. The Labute approximate surface area is 156 Å². The highest BCUT2D eigenvalue weighted by molar-refractivity contribution is 5.81. The van der Waals surface area contributed by atoms with E-state index in [0.29, 0.717) is 10.9 Å². The molecule has 4 rings (SSSR count). The number of aromatic nitrogens is 3. The molecule has 1 aliphatic heterocycles. The largest absolute Gasteiger partial charge is 0.395 e. The van der Waals surface area contributed by atoms with Crippen LogP contribution in [-0.4, -0.2) is 57.5 Å². The van der Waals surface area contributed by atoms with Crippen LogP contribution in [0.25, 0.3) is 10.9 Å². The number of piperazine rings is 1. The van der Waals surface area contributed by atoms with Crippen LogP contribution in [0.3, 0.4) is 0 Å². The van der Waals surface area contributed by atoms with E-state index in [0.717, 1.165) is 49.9 Å². The molecule has 0 aliphatic carbocycles. The Balaban J connectivity index is 1.45. The van der Waals surface area contributed by atoms with Gasteiger partial charge in [0.1, 0.15) is 5.76 Å². The third kappa shape index (κ3) is 3.72. The highest BCUT2D eigenvalue weighted by atomic mass is 16.5. The number of aliphatic hydroxyl groups excluding tert-OH is 1. The first-order chi connectivity index (χ1) is 13.1. The Morgan fingerprint density at radius 3 is 2.70 bits per heavy atom. The van der Waals surface area contributed by atoms with Gasteiger partial charge in [-0.1, -0.05) is 5.16 Å². The molecule has 0 unspecified atom stereocenters. The van der Waals surface area contributed by atoms with E-state index in [-0.39, 0.29) is 18.7 Å². The predicted molar refractivity (Wildman–Crippen MR) is 102 cm³/mol. The molecule has 0 spiro atoms. The van der Waals surface area contributed by atoms with Crippen LogP contribution in [0.4, 0.5) is 5.69 Å². The number of anilines is 1. The molecular weight excluding hydrogens is 346 g/mol. The van der Waals surface area contributed by atoms with Crippen LogP contribution in [0, 0.1) is 6.92 Å². The van der Waals surface area contributed by atoms with Crippen molar-refractivity contribution in [3.8, 4) is 0 Å². The van der Waals surface area contributed by atoms with Crippen molar-refractivity contribution in [2.45, 2.75) is 20.0 Å². The molecule has 0 amide bonds. The highest BCUT2D eigenvalue weighted by Crippen LogP contribution is 2.21. The zero-order valence-electron chi connectivity index (χ0n) is 15.3. The fourth-order valence-electron chi connectivity index (χ4n) is 3.50. The van der Waals surface area contributed by atoms with Crippen LogP contribution < -0.4 is 10.5 Å². The third-order valence-corrected chi connectivity index (χ3v) is 4.95. The second-order valence-electron chi connectivity index (χ2n) is 6.86. The summed E-state index contributed by atoms with van der Waals surface area (Å²) in [7, 11) is 0. The predicted octanol–water partition coefficient (Wildman–Crippen LogP) is 1.01. The van der Waals surface area contributed by atoms with Crippen LogP contribution in [-0.2, 0) is 13.1 Å². The Morgan fingerprint density at radius 1 is 1.19 bits per heavy atom. The minimum atomic E-state index is -0.117. The Bertz CT molecular complexity index is 988. The molecule has 0 saturated carbocycles. The van der Waals surface area contributed by atoms with Crippen molar-refractivity contribution in [1.29, 1.82) is 0 Å². The van der Waals surface area contributed by atoms with E-state index in [4.69, 9.17) is 9.63 Å². The lowest BCUT2D eigenvalue weighted by atomic mass is 10.2. The second-order valence-corrected chi connectivity index (χ2v) is 6.86. The maximum absolute atomic E-state index is 12.4. The topological polar surface area (TPSA) is 87.6 Å². The van der Waals surface area contributed by atoms with Crippen LogP contribution in [0.2, 0.25) is 0 Å². The van der Waals surface area contributed by atoms with E-state index in [1.54, 1.807) is 0 Å².